The molecule has 0 bridgehead atoms. The highest BCUT2D eigenvalue weighted by molar-refractivity contribution is 8.00. The predicted molar refractivity (Wildman–Crippen MR) is 85.8 cm³/mol. The van der Waals surface area contributed by atoms with Gasteiger partial charge in [0.15, 0.2) is 0 Å². The minimum Gasteiger partial charge on any atom is -0.370 e. The highest BCUT2D eigenvalue weighted by atomic mass is 35.5. The lowest BCUT2D eigenvalue weighted by atomic mass is 10.2. The molecule has 1 aromatic rings. The number of carbonyl (C=O) groups is 1. The molecule has 0 spiro atoms. The fourth-order valence-corrected chi connectivity index (χ4v) is 2.81. The average Bonchev–Trinajstić information content (AvgIpc) is 3.24. The van der Waals surface area contributed by atoms with Gasteiger partial charge in [0.1, 0.15) is 5.82 Å². The number of hydrogen-bond acceptors (Lipinski definition) is 4. The second kappa shape index (κ2) is 6.68. The monoisotopic (exact) mass is 313 g/mol. The van der Waals surface area contributed by atoms with Crippen LogP contribution in [0.15, 0.2) is 12.3 Å². The molecule has 1 amide bonds. The molecule has 110 valence electrons. The number of rotatable bonds is 7. The summed E-state index contributed by atoms with van der Waals surface area (Å²) in [4.78, 5) is 16.4. The van der Waals surface area contributed by atoms with E-state index < -0.39 is 0 Å². The summed E-state index contributed by atoms with van der Waals surface area (Å²) in [6, 6.07) is 1.71. The van der Waals surface area contributed by atoms with E-state index in [1.165, 1.54) is 19.0 Å². The fraction of sp³-hybridized carbons (Fsp3) is 0.571. The molecule has 0 aliphatic heterocycles. The van der Waals surface area contributed by atoms with Crippen LogP contribution in [0.5, 0.6) is 0 Å². The Morgan fingerprint density at radius 3 is 2.90 bits per heavy atom. The molecule has 0 saturated heterocycles. The summed E-state index contributed by atoms with van der Waals surface area (Å²) < 4.78 is 0.248. The number of hydrogen-bond donors (Lipinski definition) is 2. The van der Waals surface area contributed by atoms with Crippen LogP contribution in [0.3, 0.4) is 0 Å². The highest BCUT2D eigenvalue weighted by Crippen LogP contribution is 2.46. The molecular weight excluding hydrogens is 294 g/mol. The normalized spacial score (nSPS) is 15.8. The van der Waals surface area contributed by atoms with Gasteiger partial charge in [0, 0.05) is 24.0 Å². The van der Waals surface area contributed by atoms with Gasteiger partial charge in [0.05, 0.1) is 10.6 Å². The lowest BCUT2D eigenvalue weighted by molar-refractivity contribution is 0.0953. The van der Waals surface area contributed by atoms with Crippen LogP contribution < -0.4 is 10.6 Å². The maximum absolute atomic E-state index is 12.2. The molecule has 1 aliphatic rings. The van der Waals surface area contributed by atoms with Crippen LogP contribution in [-0.2, 0) is 0 Å². The second-order valence-corrected chi connectivity index (χ2v) is 6.73. The van der Waals surface area contributed by atoms with E-state index in [1.807, 2.05) is 11.8 Å². The van der Waals surface area contributed by atoms with Gasteiger partial charge in [-0.15, -0.1) is 0 Å². The van der Waals surface area contributed by atoms with Crippen molar-refractivity contribution in [2.75, 3.05) is 24.7 Å². The minimum atomic E-state index is -0.128. The zero-order valence-corrected chi connectivity index (χ0v) is 13.4. The molecule has 1 aromatic heterocycles. The van der Waals surface area contributed by atoms with Gasteiger partial charge in [0.25, 0.3) is 5.91 Å². The molecule has 0 radical (unpaired) electrons. The number of thioether (sulfide) groups is 1. The third-order valence-electron chi connectivity index (χ3n) is 3.47. The third kappa shape index (κ3) is 3.79. The fourth-order valence-electron chi connectivity index (χ4n) is 1.89. The van der Waals surface area contributed by atoms with Crippen LogP contribution in [0, 0.1) is 0 Å². The van der Waals surface area contributed by atoms with Gasteiger partial charge in [-0.05, 0) is 31.6 Å². The lowest BCUT2D eigenvalue weighted by Gasteiger charge is -2.14. The number of aromatic nitrogens is 1. The Balaban J connectivity index is 2.00. The molecule has 4 nitrogen and oxygen atoms in total. The Hall–Kier alpha value is -0.940. The van der Waals surface area contributed by atoms with E-state index in [0.717, 1.165) is 13.0 Å². The van der Waals surface area contributed by atoms with Crippen molar-refractivity contribution in [2.24, 2.45) is 0 Å². The van der Waals surface area contributed by atoms with Gasteiger partial charge < -0.3 is 10.6 Å². The summed E-state index contributed by atoms with van der Waals surface area (Å²) >= 11 is 7.89. The summed E-state index contributed by atoms with van der Waals surface area (Å²) in [7, 11) is 0. The summed E-state index contributed by atoms with van der Waals surface area (Å²) in [5.74, 6) is 0.560. The number of pyridine rings is 1. The number of nitrogens with one attached hydrogen (secondary N) is 2. The second-order valence-electron chi connectivity index (χ2n) is 5.05. The van der Waals surface area contributed by atoms with Crippen LogP contribution >= 0.6 is 23.4 Å². The minimum absolute atomic E-state index is 0.128. The van der Waals surface area contributed by atoms with Crippen molar-refractivity contribution < 1.29 is 4.79 Å². The van der Waals surface area contributed by atoms with E-state index in [-0.39, 0.29) is 10.7 Å². The Labute approximate surface area is 129 Å². The van der Waals surface area contributed by atoms with Crippen LogP contribution in [0.2, 0.25) is 5.02 Å². The number of anilines is 1. The standard InChI is InChI=1S/C14H20ClN3OS/c1-3-6-16-12-7-10(11(15)8-17-12)13(19)18-9-14(20-2)4-5-14/h7-8H,3-6,9H2,1-2H3,(H,16,17)(H,18,19). The van der Waals surface area contributed by atoms with E-state index in [1.54, 1.807) is 6.07 Å². The van der Waals surface area contributed by atoms with Crippen molar-refractivity contribution in [2.45, 2.75) is 30.9 Å². The first-order chi connectivity index (χ1) is 9.60. The first-order valence-electron chi connectivity index (χ1n) is 6.83. The van der Waals surface area contributed by atoms with E-state index >= 15 is 0 Å². The molecule has 2 N–H and O–H groups in total. The lowest BCUT2D eigenvalue weighted by Crippen LogP contribution is -2.32. The van der Waals surface area contributed by atoms with Gasteiger partial charge in [-0.1, -0.05) is 18.5 Å². The van der Waals surface area contributed by atoms with Crippen molar-refractivity contribution in [3.05, 3.63) is 22.8 Å². The van der Waals surface area contributed by atoms with Gasteiger partial charge in [-0.25, -0.2) is 4.98 Å². The Morgan fingerprint density at radius 2 is 2.30 bits per heavy atom. The van der Waals surface area contributed by atoms with Gasteiger partial charge in [-0.2, -0.15) is 11.8 Å². The zero-order chi connectivity index (χ0) is 14.6. The molecule has 20 heavy (non-hydrogen) atoms. The van der Waals surface area contributed by atoms with Crippen molar-refractivity contribution in [1.82, 2.24) is 10.3 Å². The highest BCUT2D eigenvalue weighted by Gasteiger charge is 2.42. The number of nitrogens with zero attached hydrogens (tertiary/aromatic N) is 1. The molecule has 1 fully saturated rings. The molecule has 0 aromatic carbocycles. The maximum atomic E-state index is 12.2. The average molecular weight is 314 g/mol. The molecule has 6 heteroatoms. The molecule has 0 atom stereocenters. The summed E-state index contributed by atoms with van der Waals surface area (Å²) in [5.41, 5.74) is 0.483. The number of carbonyl (C=O) groups excluding carboxylic acids is 1. The van der Waals surface area contributed by atoms with Crippen molar-refractivity contribution >= 4 is 35.1 Å². The molecular formula is C14H20ClN3OS. The third-order valence-corrected chi connectivity index (χ3v) is 5.19. The Morgan fingerprint density at radius 1 is 1.55 bits per heavy atom. The van der Waals surface area contributed by atoms with E-state index in [4.69, 9.17) is 11.6 Å². The van der Waals surface area contributed by atoms with Crippen molar-refractivity contribution in [3.8, 4) is 0 Å². The molecule has 2 rings (SSSR count). The maximum Gasteiger partial charge on any atom is 0.253 e. The van der Waals surface area contributed by atoms with Crippen LogP contribution in [0.25, 0.3) is 0 Å². The summed E-state index contributed by atoms with van der Waals surface area (Å²) in [5, 5.41) is 6.52. The SMILES string of the molecule is CCCNc1cc(C(=O)NCC2(SC)CC2)c(Cl)cn1. The topological polar surface area (TPSA) is 54.0 Å². The first kappa shape index (κ1) is 15.4. The number of amides is 1. The number of halogens is 1. The smallest absolute Gasteiger partial charge is 0.253 e. The predicted octanol–water partition coefficient (Wildman–Crippen LogP) is 3.18. The van der Waals surface area contributed by atoms with Gasteiger partial charge in [-0.3, -0.25) is 4.79 Å². The quantitative estimate of drug-likeness (QED) is 0.812. The van der Waals surface area contributed by atoms with Crippen molar-refractivity contribution in [1.29, 1.82) is 0 Å². The molecule has 1 aliphatic carbocycles. The van der Waals surface area contributed by atoms with Crippen LogP contribution in [0.4, 0.5) is 5.82 Å². The van der Waals surface area contributed by atoms with E-state index in [2.05, 4.69) is 28.8 Å². The summed E-state index contributed by atoms with van der Waals surface area (Å²) in [6.07, 6.45) is 6.95. The van der Waals surface area contributed by atoms with Crippen molar-refractivity contribution in [3.63, 3.8) is 0 Å². The molecule has 0 unspecified atom stereocenters. The van der Waals surface area contributed by atoms with Gasteiger partial charge in [0.2, 0.25) is 0 Å². The Bertz CT molecular complexity index is 491. The zero-order valence-electron chi connectivity index (χ0n) is 11.8. The molecule has 1 saturated carbocycles. The van der Waals surface area contributed by atoms with Gasteiger partial charge >= 0.3 is 0 Å². The van der Waals surface area contributed by atoms with Crippen LogP contribution in [0.1, 0.15) is 36.5 Å². The Kier molecular flexibility index (Phi) is 5.16. The molecule has 1 heterocycles. The van der Waals surface area contributed by atoms with E-state index in [0.29, 0.717) is 22.9 Å². The van der Waals surface area contributed by atoms with E-state index in [9.17, 15) is 4.79 Å². The van der Waals surface area contributed by atoms with Crippen LogP contribution in [-0.4, -0.2) is 35.0 Å². The largest absolute Gasteiger partial charge is 0.370 e. The first-order valence-corrected chi connectivity index (χ1v) is 8.43. The summed E-state index contributed by atoms with van der Waals surface area (Å²) in [6.45, 7) is 3.60.